The van der Waals surface area contributed by atoms with E-state index in [9.17, 15) is 0 Å². The Bertz CT molecular complexity index is 217. The topological polar surface area (TPSA) is 18.5 Å². The lowest BCUT2D eigenvalue weighted by Gasteiger charge is -2.31. The number of rotatable bonds is 7. The first-order chi connectivity index (χ1) is 9.40. The van der Waals surface area contributed by atoms with Crippen LogP contribution in [0.4, 0.5) is 0 Å². The Kier molecular flexibility index (Phi) is 7.23. The number of ether oxygens (including phenoxy) is 2. The van der Waals surface area contributed by atoms with Gasteiger partial charge in [0.2, 0.25) is 0 Å². The first-order valence-electron chi connectivity index (χ1n) is 8.49. The summed E-state index contributed by atoms with van der Waals surface area (Å²) in [6, 6.07) is 0. The fraction of sp³-hybridized carbons (Fsp3) is 0.941. The van der Waals surface area contributed by atoms with Crippen LogP contribution < -0.4 is 0 Å². The standard InChI is InChI=1S/C17H31O2/c1-2-13-18-17(15-9-5-3-6-10-15)14-19-16-11-7-4-8-12-16/h15,17H,2-14H2,1H3. The monoisotopic (exact) mass is 267 g/mol. The lowest BCUT2D eigenvalue weighted by molar-refractivity contribution is -0.0554. The van der Waals surface area contributed by atoms with Gasteiger partial charge in [-0.3, -0.25) is 0 Å². The van der Waals surface area contributed by atoms with Crippen LogP contribution in [0.3, 0.4) is 0 Å². The Morgan fingerprint density at radius 1 is 1.00 bits per heavy atom. The molecule has 0 N–H and O–H groups in total. The van der Waals surface area contributed by atoms with Gasteiger partial charge in [-0.05, 0) is 38.0 Å². The van der Waals surface area contributed by atoms with Crippen LogP contribution in [0, 0.1) is 12.0 Å². The maximum atomic E-state index is 6.09. The molecule has 2 rings (SSSR count). The first-order valence-corrected chi connectivity index (χ1v) is 8.49. The molecular formula is C17H31O2. The average molecular weight is 267 g/mol. The minimum Gasteiger partial charge on any atom is -0.376 e. The van der Waals surface area contributed by atoms with Crippen LogP contribution in [-0.4, -0.2) is 19.3 Å². The van der Waals surface area contributed by atoms with Gasteiger partial charge in [0, 0.05) is 6.61 Å². The summed E-state index contributed by atoms with van der Waals surface area (Å²) in [7, 11) is 0. The molecule has 2 fully saturated rings. The summed E-state index contributed by atoms with van der Waals surface area (Å²) in [6.45, 7) is 3.88. The minimum absolute atomic E-state index is 0.342. The molecule has 1 atom stereocenters. The second-order valence-electron chi connectivity index (χ2n) is 6.22. The van der Waals surface area contributed by atoms with Crippen LogP contribution >= 0.6 is 0 Å². The lowest BCUT2D eigenvalue weighted by atomic mass is 9.85. The van der Waals surface area contributed by atoms with Crippen molar-refractivity contribution in [3.63, 3.8) is 0 Å². The van der Waals surface area contributed by atoms with Crippen molar-refractivity contribution in [3.05, 3.63) is 6.10 Å². The number of hydrogen-bond donors (Lipinski definition) is 0. The molecule has 0 bridgehead atoms. The zero-order valence-corrected chi connectivity index (χ0v) is 12.7. The van der Waals surface area contributed by atoms with E-state index in [1.54, 1.807) is 0 Å². The van der Waals surface area contributed by atoms with Crippen molar-refractivity contribution in [1.29, 1.82) is 0 Å². The van der Waals surface area contributed by atoms with Crippen LogP contribution in [0.1, 0.15) is 77.6 Å². The van der Waals surface area contributed by atoms with E-state index in [-0.39, 0.29) is 0 Å². The third kappa shape index (κ3) is 5.43. The van der Waals surface area contributed by atoms with Gasteiger partial charge in [-0.1, -0.05) is 45.4 Å². The molecule has 0 spiro atoms. The molecule has 19 heavy (non-hydrogen) atoms. The molecule has 0 aromatic rings. The van der Waals surface area contributed by atoms with Crippen LogP contribution in [0.15, 0.2) is 0 Å². The fourth-order valence-electron chi connectivity index (χ4n) is 3.39. The molecule has 2 aliphatic rings. The molecule has 2 aliphatic carbocycles. The lowest BCUT2D eigenvalue weighted by Crippen LogP contribution is -2.32. The summed E-state index contributed by atoms with van der Waals surface area (Å²) in [5.41, 5.74) is 0. The third-order valence-electron chi connectivity index (χ3n) is 4.57. The van der Waals surface area contributed by atoms with E-state index in [2.05, 4.69) is 6.92 Å². The van der Waals surface area contributed by atoms with E-state index in [0.29, 0.717) is 6.10 Å². The van der Waals surface area contributed by atoms with Crippen molar-refractivity contribution in [2.24, 2.45) is 5.92 Å². The van der Waals surface area contributed by atoms with E-state index in [4.69, 9.17) is 9.47 Å². The average Bonchev–Trinajstić information content (AvgIpc) is 2.49. The van der Waals surface area contributed by atoms with Gasteiger partial charge in [-0.15, -0.1) is 0 Å². The third-order valence-corrected chi connectivity index (χ3v) is 4.57. The minimum atomic E-state index is 0.342. The zero-order valence-electron chi connectivity index (χ0n) is 12.7. The van der Waals surface area contributed by atoms with E-state index in [1.165, 1.54) is 70.3 Å². The first kappa shape index (κ1) is 15.3. The Balaban J connectivity index is 1.74. The zero-order chi connectivity index (χ0) is 13.3. The van der Waals surface area contributed by atoms with E-state index in [0.717, 1.165) is 25.6 Å². The quantitative estimate of drug-likeness (QED) is 0.655. The molecule has 0 saturated heterocycles. The Hall–Kier alpha value is -0.0800. The molecule has 0 heterocycles. The Morgan fingerprint density at radius 3 is 2.37 bits per heavy atom. The van der Waals surface area contributed by atoms with E-state index in [1.807, 2.05) is 0 Å². The van der Waals surface area contributed by atoms with Gasteiger partial charge < -0.3 is 9.47 Å². The molecule has 111 valence electrons. The summed E-state index contributed by atoms with van der Waals surface area (Å²) in [4.78, 5) is 0. The highest BCUT2D eigenvalue weighted by atomic mass is 16.5. The maximum Gasteiger partial charge on any atom is 0.0972 e. The van der Waals surface area contributed by atoms with Crippen LogP contribution in [0.25, 0.3) is 0 Å². The molecule has 1 unspecified atom stereocenters. The Morgan fingerprint density at radius 2 is 1.68 bits per heavy atom. The van der Waals surface area contributed by atoms with Gasteiger partial charge in [0.15, 0.2) is 0 Å². The van der Waals surface area contributed by atoms with Gasteiger partial charge in [0.05, 0.1) is 18.8 Å². The smallest absolute Gasteiger partial charge is 0.0972 e. The molecule has 2 nitrogen and oxygen atoms in total. The number of hydrogen-bond acceptors (Lipinski definition) is 2. The van der Waals surface area contributed by atoms with Gasteiger partial charge in [-0.2, -0.15) is 0 Å². The van der Waals surface area contributed by atoms with Gasteiger partial charge in [0.1, 0.15) is 0 Å². The molecule has 2 heteroatoms. The molecule has 0 aromatic carbocycles. The SMILES string of the molecule is CCCOC(CO[C]1CCCCC1)C1CCCCC1. The van der Waals surface area contributed by atoms with Crippen molar-refractivity contribution in [1.82, 2.24) is 0 Å². The summed E-state index contributed by atoms with van der Waals surface area (Å²) in [5.74, 6) is 0.740. The van der Waals surface area contributed by atoms with Crippen molar-refractivity contribution >= 4 is 0 Å². The predicted molar refractivity (Wildman–Crippen MR) is 78.9 cm³/mol. The van der Waals surface area contributed by atoms with Crippen molar-refractivity contribution < 1.29 is 9.47 Å². The predicted octanol–water partition coefficient (Wildman–Crippen LogP) is 4.87. The fourth-order valence-corrected chi connectivity index (χ4v) is 3.39. The molecule has 0 amide bonds. The summed E-state index contributed by atoms with van der Waals surface area (Å²) >= 11 is 0. The highest BCUT2D eigenvalue weighted by Crippen LogP contribution is 2.31. The van der Waals surface area contributed by atoms with Crippen LogP contribution in [0.5, 0.6) is 0 Å². The van der Waals surface area contributed by atoms with Crippen molar-refractivity contribution in [2.45, 2.75) is 83.7 Å². The second-order valence-corrected chi connectivity index (χ2v) is 6.22. The maximum absolute atomic E-state index is 6.09. The van der Waals surface area contributed by atoms with Crippen LogP contribution in [0.2, 0.25) is 0 Å². The van der Waals surface area contributed by atoms with Gasteiger partial charge >= 0.3 is 0 Å². The molecular weight excluding hydrogens is 236 g/mol. The van der Waals surface area contributed by atoms with Gasteiger partial charge in [0.25, 0.3) is 0 Å². The highest BCUT2D eigenvalue weighted by molar-refractivity contribution is 4.84. The second kappa shape index (κ2) is 8.97. The molecule has 0 aliphatic heterocycles. The normalized spacial score (nSPS) is 24.5. The molecule has 0 aromatic heterocycles. The van der Waals surface area contributed by atoms with E-state index < -0.39 is 0 Å². The Labute approximate surface area is 119 Å². The van der Waals surface area contributed by atoms with Crippen molar-refractivity contribution in [2.75, 3.05) is 13.2 Å². The van der Waals surface area contributed by atoms with E-state index >= 15 is 0 Å². The largest absolute Gasteiger partial charge is 0.376 e. The molecule has 1 radical (unpaired) electrons. The molecule has 2 saturated carbocycles. The van der Waals surface area contributed by atoms with Crippen molar-refractivity contribution in [3.8, 4) is 0 Å². The van der Waals surface area contributed by atoms with Crippen LogP contribution in [-0.2, 0) is 9.47 Å². The highest BCUT2D eigenvalue weighted by Gasteiger charge is 2.26. The van der Waals surface area contributed by atoms with Gasteiger partial charge in [-0.25, -0.2) is 0 Å². The summed E-state index contributed by atoms with van der Waals surface area (Å²) < 4.78 is 12.2. The summed E-state index contributed by atoms with van der Waals surface area (Å²) in [5, 5.41) is 0. The summed E-state index contributed by atoms with van der Waals surface area (Å²) in [6.07, 6.45) is 16.0.